The van der Waals surface area contributed by atoms with Crippen molar-refractivity contribution in [1.29, 1.82) is 0 Å². The third-order valence-electron chi connectivity index (χ3n) is 4.41. The molecule has 2 nitrogen and oxygen atoms in total. The maximum Gasteiger partial charge on any atom is 0.0462 e. The summed E-state index contributed by atoms with van der Waals surface area (Å²) in [7, 11) is 0. The van der Waals surface area contributed by atoms with Gasteiger partial charge in [-0.25, -0.2) is 0 Å². The molecule has 2 aliphatic rings. The zero-order chi connectivity index (χ0) is 14.3. The van der Waals surface area contributed by atoms with Crippen molar-refractivity contribution in [1.82, 2.24) is 10.2 Å². The van der Waals surface area contributed by atoms with Crippen molar-refractivity contribution >= 4 is 27.5 Å². The molecule has 1 saturated carbocycles. The van der Waals surface area contributed by atoms with E-state index < -0.39 is 0 Å². The van der Waals surface area contributed by atoms with Gasteiger partial charge in [-0.05, 0) is 50.3 Å². The number of nitrogens with zero attached hydrogens (tertiary/aromatic N) is 1. The Morgan fingerprint density at radius 1 is 1.40 bits per heavy atom. The van der Waals surface area contributed by atoms with Gasteiger partial charge < -0.3 is 5.32 Å². The van der Waals surface area contributed by atoms with Crippen LogP contribution in [0.4, 0.5) is 0 Å². The summed E-state index contributed by atoms with van der Waals surface area (Å²) in [5.74, 6) is 0.882. The lowest BCUT2D eigenvalue weighted by atomic mass is 9.96. The smallest absolute Gasteiger partial charge is 0.0462 e. The Kier molecular flexibility index (Phi) is 4.15. The molecule has 1 N–H and O–H groups in total. The second kappa shape index (κ2) is 5.60. The molecule has 1 aromatic rings. The van der Waals surface area contributed by atoms with Crippen LogP contribution in [0.2, 0.25) is 5.02 Å². The van der Waals surface area contributed by atoms with Crippen LogP contribution >= 0.6 is 27.5 Å². The van der Waals surface area contributed by atoms with Crippen LogP contribution in [0.25, 0.3) is 0 Å². The summed E-state index contributed by atoms with van der Waals surface area (Å²) in [6.45, 7) is 7.71. The highest BCUT2D eigenvalue weighted by Crippen LogP contribution is 2.38. The van der Waals surface area contributed by atoms with Gasteiger partial charge in [-0.3, -0.25) is 4.90 Å². The van der Waals surface area contributed by atoms with Gasteiger partial charge >= 0.3 is 0 Å². The zero-order valence-electron chi connectivity index (χ0n) is 12.1. The third kappa shape index (κ3) is 3.38. The second-order valence-corrected chi connectivity index (χ2v) is 8.13. The molecule has 1 aliphatic carbocycles. The zero-order valence-corrected chi connectivity index (χ0v) is 14.5. The van der Waals surface area contributed by atoms with Crippen LogP contribution in [0.15, 0.2) is 22.7 Å². The number of nitrogens with one attached hydrogen (secondary N) is 1. The number of piperazine rings is 1. The van der Waals surface area contributed by atoms with E-state index in [1.54, 1.807) is 0 Å². The van der Waals surface area contributed by atoms with Crippen LogP contribution in [0.1, 0.15) is 32.3 Å². The molecule has 4 heteroatoms. The van der Waals surface area contributed by atoms with Gasteiger partial charge in [0.05, 0.1) is 0 Å². The Bertz CT molecular complexity index is 499. The van der Waals surface area contributed by atoms with Crippen LogP contribution in [-0.4, -0.2) is 29.6 Å². The summed E-state index contributed by atoms with van der Waals surface area (Å²) < 4.78 is 1.05. The Balaban J connectivity index is 1.78. The molecule has 20 heavy (non-hydrogen) atoms. The monoisotopic (exact) mass is 356 g/mol. The lowest BCUT2D eigenvalue weighted by Crippen LogP contribution is -2.61. The summed E-state index contributed by atoms with van der Waals surface area (Å²) >= 11 is 9.87. The van der Waals surface area contributed by atoms with E-state index in [0.29, 0.717) is 6.04 Å². The fourth-order valence-electron chi connectivity index (χ4n) is 3.18. The fourth-order valence-corrected chi connectivity index (χ4v) is 3.91. The van der Waals surface area contributed by atoms with Gasteiger partial charge in [0, 0.05) is 40.7 Å². The summed E-state index contributed by atoms with van der Waals surface area (Å²) in [5, 5.41) is 4.55. The number of benzene rings is 1. The van der Waals surface area contributed by atoms with Gasteiger partial charge in [0.25, 0.3) is 0 Å². The van der Waals surface area contributed by atoms with Crippen LogP contribution < -0.4 is 5.32 Å². The Morgan fingerprint density at radius 3 is 2.80 bits per heavy atom. The highest BCUT2D eigenvalue weighted by atomic mass is 79.9. The van der Waals surface area contributed by atoms with Crippen LogP contribution in [-0.2, 0) is 6.54 Å². The van der Waals surface area contributed by atoms with Crippen LogP contribution in [0.5, 0.6) is 0 Å². The molecular weight excluding hydrogens is 336 g/mol. The van der Waals surface area contributed by atoms with Gasteiger partial charge in [-0.15, -0.1) is 0 Å². The molecule has 0 aromatic heterocycles. The van der Waals surface area contributed by atoms with Crippen molar-refractivity contribution in [3.8, 4) is 0 Å². The van der Waals surface area contributed by atoms with E-state index in [4.69, 9.17) is 11.6 Å². The molecule has 1 heterocycles. The molecule has 0 amide bonds. The highest BCUT2D eigenvalue weighted by molar-refractivity contribution is 9.10. The lowest BCUT2D eigenvalue weighted by Gasteiger charge is -2.45. The summed E-state index contributed by atoms with van der Waals surface area (Å²) in [4.78, 5) is 2.63. The van der Waals surface area contributed by atoms with E-state index >= 15 is 0 Å². The predicted molar refractivity (Wildman–Crippen MR) is 88.2 cm³/mol. The van der Waals surface area contributed by atoms with Gasteiger partial charge in [0.1, 0.15) is 0 Å². The second-order valence-electron chi connectivity index (χ2n) is 6.81. The molecule has 2 fully saturated rings. The maximum atomic E-state index is 6.39. The normalized spacial score (nSPS) is 26.7. The summed E-state index contributed by atoms with van der Waals surface area (Å²) in [6.07, 6.45) is 2.77. The molecular formula is C16H22BrClN2. The molecule has 1 aliphatic heterocycles. The first kappa shape index (κ1) is 14.8. The van der Waals surface area contributed by atoms with E-state index in [9.17, 15) is 0 Å². The number of hydrogen-bond acceptors (Lipinski definition) is 2. The molecule has 1 saturated heterocycles. The first-order valence-electron chi connectivity index (χ1n) is 7.38. The first-order valence-corrected chi connectivity index (χ1v) is 8.55. The molecule has 3 rings (SSSR count). The largest absolute Gasteiger partial charge is 0.309 e. The summed E-state index contributed by atoms with van der Waals surface area (Å²) in [6, 6.07) is 6.89. The van der Waals surface area contributed by atoms with Crippen molar-refractivity contribution < 1.29 is 0 Å². The quantitative estimate of drug-likeness (QED) is 0.877. The van der Waals surface area contributed by atoms with E-state index in [0.717, 1.165) is 35.0 Å². The van der Waals surface area contributed by atoms with E-state index in [1.165, 1.54) is 18.4 Å². The third-order valence-corrected chi connectivity index (χ3v) is 5.26. The molecule has 0 bridgehead atoms. The minimum Gasteiger partial charge on any atom is -0.309 e. The molecule has 0 radical (unpaired) electrons. The average molecular weight is 358 g/mol. The maximum absolute atomic E-state index is 6.39. The molecule has 1 atom stereocenters. The van der Waals surface area contributed by atoms with E-state index in [1.807, 2.05) is 6.07 Å². The molecule has 0 spiro atoms. The fraction of sp³-hybridized carbons (Fsp3) is 0.625. The summed E-state index contributed by atoms with van der Waals surface area (Å²) in [5.41, 5.74) is 1.42. The topological polar surface area (TPSA) is 15.3 Å². The highest BCUT2D eigenvalue weighted by Gasteiger charge is 2.40. The molecule has 1 aromatic carbocycles. The van der Waals surface area contributed by atoms with Crippen molar-refractivity contribution in [3.05, 3.63) is 33.3 Å². The Labute approximate surface area is 135 Å². The SMILES string of the molecule is CC1(C)CN(Cc2ccc(Br)cc2Cl)C(C2CC2)CN1. The standard InChI is InChI=1S/C16H22BrClN2/c1-16(2)10-20(15(8-19-16)11-3-4-11)9-12-5-6-13(17)7-14(12)18/h5-7,11,15,19H,3-4,8-10H2,1-2H3. The lowest BCUT2D eigenvalue weighted by molar-refractivity contribution is 0.0760. The van der Waals surface area contributed by atoms with Gasteiger partial charge in [-0.2, -0.15) is 0 Å². The van der Waals surface area contributed by atoms with E-state index in [-0.39, 0.29) is 5.54 Å². The number of halogens is 2. The van der Waals surface area contributed by atoms with E-state index in [2.05, 4.69) is 52.1 Å². The number of rotatable bonds is 3. The molecule has 110 valence electrons. The number of hydrogen-bond donors (Lipinski definition) is 1. The average Bonchev–Trinajstić information content (AvgIpc) is 3.16. The van der Waals surface area contributed by atoms with Crippen molar-refractivity contribution in [3.63, 3.8) is 0 Å². The van der Waals surface area contributed by atoms with Crippen molar-refractivity contribution in [2.75, 3.05) is 13.1 Å². The minimum absolute atomic E-state index is 0.188. The van der Waals surface area contributed by atoms with Crippen molar-refractivity contribution in [2.24, 2.45) is 5.92 Å². The Hall–Kier alpha value is -0.0900. The first-order chi connectivity index (χ1) is 9.44. The van der Waals surface area contributed by atoms with Gasteiger partial charge in [0.2, 0.25) is 0 Å². The molecule has 1 unspecified atom stereocenters. The van der Waals surface area contributed by atoms with Gasteiger partial charge in [-0.1, -0.05) is 33.6 Å². The van der Waals surface area contributed by atoms with Crippen LogP contribution in [0.3, 0.4) is 0 Å². The predicted octanol–water partition coefficient (Wildman–Crippen LogP) is 4.06. The van der Waals surface area contributed by atoms with Crippen LogP contribution in [0, 0.1) is 5.92 Å². The Morgan fingerprint density at radius 2 is 2.15 bits per heavy atom. The van der Waals surface area contributed by atoms with Crippen molar-refractivity contribution in [2.45, 2.75) is 44.8 Å². The minimum atomic E-state index is 0.188. The van der Waals surface area contributed by atoms with Gasteiger partial charge in [0.15, 0.2) is 0 Å².